The first-order valence-corrected chi connectivity index (χ1v) is 7.16. The van der Waals surface area contributed by atoms with Crippen molar-refractivity contribution >= 4 is 17.9 Å². The quantitative estimate of drug-likeness (QED) is 0.712. The van der Waals surface area contributed by atoms with E-state index in [-0.39, 0.29) is 24.3 Å². The number of piperidine rings is 1. The van der Waals surface area contributed by atoms with E-state index < -0.39 is 17.4 Å². The van der Waals surface area contributed by atoms with E-state index in [1.807, 2.05) is 20.8 Å². The zero-order valence-electron chi connectivity index (χ0n) is 12.9. The van der Waals surface area contributed by atoms with Gasteiger partial charge in [0.15, 0.2) is 0 Å². The number of nitrogens with zero attached hydrogens (tertiary/aromatic N) is 1. The molecule has 2 unspecified atom stereocenters. The Morgan fingerprint density at radius 2 is 1.90 bits per heavy atom. The van der Waals surface area contributed by atoms with Crippen LogP contribution in [0.1, 0.15) is 40.0 Å². The predicted molar refractivity (Wildman–Crippen MR) is 77.5 cm³/mol. The Bertz CT molecular complexity index is 417. The summed E-state index contributed by atoms with van der Waals surface area (Å²) >= 11 is 0. The maximum Gasteiger partial charge on any atom is 0.314 e. The van der Waals surface area contributed by atoms with E-state index >= 15 is 0 Å². The molecule has 7 nitrogen and oxygen atoms in total. The van der Waals surface area contributed by atoms with Crippen molar-refractivity contribution in [2.45, 2.75) is 46.1 Å². The predicted octanol–water partition coefficient (Wildman–Crippen LogP) is 0.783. The molecule has 0 spiro atoms. The third kappa shape index (κ3) is 5.61. The van der Waals surface area contributed by atoms with Gasteiger partial charge in [0.25, 0.3) is 0 Å². The summed E-state index contributed by atoms with van der Waals surface area (Å²) in [6.45, 7) is 6.28. The van der Waals surface area contributed by atoms with Gasteiger partial charge in [-0.25, -0.2) is 4.79 Å². The van der Waals surface area contributed by atoms with Gasteiger partial charge in [-0.15, -0.1) is 0 Å². The first-order chi connectivity index (χ1) is 9.59. The average molecular weight is 299 g/mol. The highest BCUT2D eigenvalue weighted by Crippen LogP contribution is 2.23. The molecule has 1 aliphatic heterocycles. The van der Waals surface area contributed by atoms with Gasteiger partial charge in [0.2, 0.25) is 5.91 Å². The van der Waals surface area contributed by atoms with Gasteiger partial charge >= 0.3 is 12.0 Å². The summed E-state index contributed by atoms with van der Waals surface area (Å²) in [6, 6.07) is -0.721. The van der Waals surface area contributed by atoms with Gasteiger partial charge in [0.05, 0.1) is 0 Å². The standard InChI is InChI=1S/C14H25N3O4/c1-14(2,3)12(20)16-10-6-9(4-5-11(18)19)7-17(8-10)13(15)21/h9-10H,4-8H2,1-3H3,(H2,15,21)(H,16,20)(H,18,19). The minimum atomic E-state index is -0.860. The van der Waals surface area contributed by atoms with Gasteiger partial charge in [-0.1, -0.05) is 20.8 Å². The number of nitrogens with two attached hydrogens (primary N) is 1. The van der Waals surface area contributed by atoms with E-state index in [0.717, 1.165) is 0 Å². The van der Waals surface area contributed by atoms with Crippen molar-refractivity contribution in [3.05, 3.63) is 0 Å². The summed E-state index contributed by atoms with van der Waals surface area (Å²) in [5.74, 6) is -0.912. The number of urea groups is 1. The molecule has 0 aromatic heterocycles. The molecule has 120 valence electrons. The maximum atomic E-state index is 12.0. The van der Waals surface area contributed by atoms with E-state index in [9.17, 15) is 14.4 Å². The number of amides is 3. The van der Waals surface area contributed by atoms with E-state index in [4.69, 9.17) is 10.8 Å². The molecular weight excluding hydrogens is 274 g/mol. The molecule has 1 fully saturated rings. The van der Waals surface area contributed by atoms with Crippen molar-refractivity contribution < 1.29 is 19.5 Å². The van der Waals surface area contributed by atoms with Crippen LogP contribution in [0, 0.1) is 11.3 Å². The SMILES string of the molecule is CC(C)(C)C(=O)NC1CC(CCC(=O)O)CN(C(N)=O)C1. The first-order valence-electron chi connectivity index (χ1n) is 7.16. The second kappa shape index (κ2) is 6.78. The lowest BCUT2D eigenvalue weighted by molar-refractivity contribution is -0.137. The Labute approximate surface area is 124 Å². The second-order valence-electron chi connectivity index (χ2n) is 6.70. The molecule has 0 aromatic rings. The number of primary amides is 1. The highest BCUT2D eigenvalue weighted by Gasteiger charge is 2.32. The summed E-state index contributed by atoms with van der Waals surface area (Å²) in [5, 5.41) is 11.7. The number of aliphatic carboxylic acids is 1. The van der Waals surface area contributed by atoms with Crippen LogP contribution >= 0.6 is 0 Å². The summed E-state index contributed by atoms with van der Waals surface area (Å²) in [6.07, 6.45) is 1.19. The number of carbonyl (C=O) groups is 3. The van der Waals surface area contributed by atoms with Crippen molar-refractivity contribution in [3.63, 3.8) is 0 Å². The Morgan fingerprint density at radius 3 is 2.38 bits per heavy atom. The van der Waals surface area contributed by atoms with E-state index in [1.165, 1.54) is 4.90 Å². The summed E-state index contributed by atoms with van der Waals surface area (Å²) < 4.78 is 0. The van der Waals surface area contributed by atoms with Gasteiger partial charge in [0, 0.05) is 31.0 Å². The lowest BCUT2D eigenvalue weighted by atomic mass is 9.89. The highest BCUT2D eigenvalue weighted by molar-refractivity contribution is 5.81. The fourth-order valence-corrected chi connectivity index (χ4v) is 2.43. The monoisotopic (exact) mass is 299 g/mol. The lowest BCUT2D eigenvalue weighted by Crippen LogP contribution is -2.55. The van der Waals surface area contributed by atoms with E-state index in [0.29, 0.717) is 25.9 Å². The molecular formula is C14H25N3O4. The van der Waals surface area contributed by atoms with Crippen LogP contribution in [-0.4, -0.2) is 47.0 Å². The van der Waals surface area contributed by atoms with Gasteiger partial charge in [-0.2, -0.15) is 0 Å². The normalized spacial score (nSPS) is 22.7. The number of likely N-dealkylation sites (tertiary alicyclic amines) is 1. The largest absolute Gasteiger partial charge is 0.481 e. The summed E-state index contributed by atoms with van der Waals surface area (Å²) in [7, 11) is 0. The van der Waals surface area contributed by atoms with Crippen LogP contribution < -0.4 is 11.1 Å². The van der Waals surface area contributed by atoms with Gasteiger partial charge in [-0.3, -0.25) is 9.59 Å². The maximum absolute atomic E-state index is 12.0. The van der Waals surface area contributed by atoms with Crippen LogP contribution in [0.25, 0.3) is 0 Å². The van der Waals surface area contributed by atoms with Crippen LogP contribution in [0.3, 0.4) is 0 Å². The van der Waals surface area contributed by atoms with Crippen molar-refractivity contribution in [1.82, 2.24) is 10.2 Å². The third-order valence-electron chi connectivity index (χ3n) is 3.63. The minimum absolute atomic E-state index is 0.0348. The van der Waals surface area contributed by atoms with Crippen LogP contribution in [0.4, 0.5) is 4.79 Å². The molecule has 1 rings (SSSR count). The molecule has 2 atom stereocenters. The van der Waals surface area contributed by atoms with Crippen LogP contribution in [0.15, 0.2) is 0 Å². The van der Waals surface area contributed by atoms with E-state index in [1.54, 1.807) is 0 Å². The topological polar surface area (TPSA) is 113 Å². The molecule has 1 saturated heterocycles. The number of carbonyl (C=O) groups excluding carboxylic acids is 2. The smallest absolute Gasteiger partial charge is 0.314 e. The van der Waals surface area contributed by atoms with Crippen LogP contribution in [0.5, 0.6) is 0 Å². The number of nitrogens with one attached hydrogen (secondary N) is 1. The molecule has 4 N–H and O–H groups in total. The van der Waals surface area contributed by atoms with Gasteiger partial charge < -0.3 is 21.1 Å². The number of rotatable bonds is 4. The highest BCUT2D eigenvalue weighted by atomic mass is 16.4. The fourth-order valence-electron chi connectivity index (χ4n) is 2.43. The Hall–Kier alpha value is -1.79. The average Bonchev–Trinajstić information content (AvgIpc) is 2.34. The fraction of sp³-hybridized carbons (Fsp3) is 0.786. The number of carboxylic acid groups (broad SMARTS) is 1. The number of carboxylic acids is 1. The van der Waals surface area contributed by atoms with Gasteiger partial charge in [0.1, 0.15) is 0 Å². The first kappa shape index (κ1) is 17.3. The van der Waals surface area contributed by atoms with Crippen LogP contribution in [-0.2, 0) is 9.59 Å². The number of hydrogen-bond donors (Lipinski definition) is 3. The Kier molecular flexibility index (Phi) is 5.57. The molecule has 7 heteroatoms. The van der Waals surface area contributed by atoms with Crippen molar-refractivity contribution in [2.24, 2.45) is 17.1 Å². The number of hydrogen-bond acceptors (Lipinski definition) is 3. The molecule has 0 aliphatic carbocycles. The van der Waals surface area contributed by atoms with Crippen molar-refractivity contribution in [2.75, 3.05) is 13.1 Å². The molecule has 21 heavy (non-hydrogen) atoms. The molecule has 3 amide bonds. The molecule has 0 saturated carbocycles. The zero-order valence-corrected chi connectivity index (χ0v) is 12.9. The summed E-state index contributed by atoms with van der Waals surface area (Å²) in [4.78, 5) is 35.6. The van der Waals surface area contributed by atoms with E-state index in [2.05, 4.69) is 5.32 Å². The van der Waals surface area contributed by atoms with Crippen molar-refractivity contribution in [3.8, 4) is 0 Å². The zero-order chi connectivity index (χ0) is 16.2. The molecule has 0 bridgehead atoms. The van der Waals surface area contributed by atoms with Crippen LogP contribution in [0.2, 0.25) is 0 Å². The van der Waals surface area contributed by atoms with Crippen molar-refractivity contribution in [1.29, 1.82) is 0 Å². The molecule has 0 aromatic carbocycles. The molecule has 1 heterocycles. The second-order valence-corrected chi connectivity index (χ2v) is 6.70. The Balaban J connectivity index is 2.68. The van der Waals surface area contributed by atoms with Gasteiger partial charge in [-0.05, 0) is 18.8 Å². The molecule has 1 aliphatic rings. The third-order valence-corrected chi connectivity index (χ3v) is 3.63. The summed E-state index contributed by atoms with van der Waals surface area (Å²) in [5.41, 5.74) is 4.81. The lowest BCUT2D eigenvalue weighted by Gasteiger charge is -2.38. The molecule has 0 radical (unpaired) electrons. The Morgan fingerprint density at radius 1 is 1.29 bits per heavy atom. The minimum Gasteiger partial charge on any atom is -0.481 e.